The number of carbonyl (C=O) groups excluding carboxylic acids is 1. The van der Waals surface area contributed by atoms with Crippen molar-refractivity contribution in [1.29, 1.82) is 0 Å². The Labute approximate surface area is 140 Å². The Morgan fingerprint density at radius 2 is 1.74 bits per heavy atom. The van der Waals surface area contributed by atoms with Gasteiger partial charge in [-0.2, -0.15) is 0 Å². The summed E-state index contributed by atoms with van der Waals surface area (Å²) in [7, 11) is -2.98. The molecule has 3 aliphatic rings. The maximum absolute atomic E-state index is 12.4. The molecule has 2 amide bonds. The van der Waals surface area contributed by atoms with Gasteiger partial charge in [0.05, 0.1) is 11.0 Å². The fourth-order valence-electron chi connectivity index (χ4n) is 4.66. The molecule has 1 N–H and O–H groups in total. The molecule has 3 fully saturated rings. The van der Waals surface area contributed by atoms with Crippen LogP contribution in [0, 0.1) is 5.41 Å². The number of nitrogens with zero attached hydrogens (tertiary/aromatic N) is 1. The number of amides is 2. The number of hydrogen-bond acceptors (Lipinski definition) is 3. The van der Waals surface area contributed by atoms with Gasteiger partial charge in [-0.15, -0.1) is 0 Å². The van der Waals surface area contributed by atoms with E-state index in [2.05, 4.69) is 5.32 Å². The van der Waals surface area contributed by atoms with Gasteiger partial charge in [-0.1, -0.05) is 19.3 Å². The summed E-state index contributed by atoms with van der Waals surface area (Å²) in [6.45, 7) is 1.91. The van der Waals surface area contributed by atoms with Gasteiger partial charge in [0.2, 0.25) is 0 Å². The third kappa shape index (κ3) is 4.01. The van der Waals surface area contributed by atoms with Crippen molar-refractivity contribution >= 4 is 15.9 Å². The zero-order valence-electron chi connectivity index (χ0n) is 14.1. The van der Waals surface area contributed by atoms with Crippen molar-refractivity contribution < 1.29 is 13.2 Å². The van der Waals surface area contributed by atoms with Crippen LogP contribution in [0.15, 0.2) is 0 Å². The predicted molar refractivity (Wildman–Crippen MR) is 91.1 cm³/mol. The molecule has 1 saturated carbocycles. The highest BCUT2D eigenvalue weighted by molar-refractivity contribution is 7.92. The lowest BCUT2D eigenvalue weighted by atomic mass is 9.69. The minimum atomic E-state index is -2.98. The van der Waals surface area contributed by atoms with E-state index in [-0.39, 0.29) is 23.6 Å². The third-order valence-electron chi connectivity index (χ3n) is 6.19. The van der Waals surface area contributed by atoms with Crippen molar-refractivity contribution in [3.8, 4) is 0 Å². The Morgan fingerprint density at radius 3 is 2.43 bits per heavy atom. The Hall–Kier alpha value is -0.780. The van der Waals surface area contributed by atoms with Crippen LogP contribution >= 0.6 is 0 Å². The molecule has 0 aromatic heterocycles. The van der Waals surface area contributed by atoms with Crippen molar-refractivity contribution in [2.24, 2.45) is 5.41 Å². The van der Waals surface area contributed by atoms with E-state index in [0.29, 0.717) is 11.8 Å². The van der Waals surface area contributed by atoms with Gasteiger partial charge in [-0.25, -0.2) is 13.2 Å². The average molecular weight is 343 g/mol. The molecule has 1 unspecified atom stereocenters. The first-order valence-corrected chi connectivity index (χ1v) is 11.0. The molecule has 0 bridgehead atoms. The van der Waals surface area contributed by atoms with Crippen LogP contribution in [0.2, 0.25) is 0 Å². The van der Waals surface area contributed by atoms with E-state index in [1.807, 2.05) is 4.90 Å². The fourth-order valence-corrected chi connectivity index (χ4v) is 6.42. The number of carbonyl (C=O) groups is 1. The Bertz CT molecular complexity index is 526. The van der Waals surface area contributed by atoms with Crippen LogP contribution in [0.1, 0.15) is 64.2 Å². The van der Waals surface area contributed by atoms with Crippen LogP contribution in [-0.4, -0.2) is 50.0 Å². The molecule has 0 aromatic carbocycles. The van der Waals surface area contributed by atoms with E-state index in [9.17, 15) is 13.2 Å². The molecule has 2 aliphatic heterocycles. The zero-order valence-corrected chi connectivity index (χ0v) is 14.9. The van der Waals surface area contributed by atoms with Crippen LogP contribution in [-0.2, 0) is 9.84 Å². The smallest absolute Gasteiger partial charge is 0.317 e. The summed E-state index contributed by atoms with van der Waals surface area (Å²) in [5, 5.41) is 2.50. The van der Waals surface area contributed by atoms with Gasteiger partial charge in [0.15, 0.2) is 9.84 Å². The summed E-state index contributed by atoms with van der Waals surface area (Å²) in [5.41, 5.74) is 0.474. The van der Waals surface area contributed by atoms with Crippen LogP contribution in [0.4, 0.5) is 4.79 Å². The second-order valence-corrected chi connectivity index (χ2v) is 10.1. The van der Waals surface area contributed by atoms with Gasteiger partial charge in [0.25, 0.3) is 0 Å². The predicted octanol–water partition coefficient (Wildman–Crippen LogP) is 2.71. The molecule has 1 atom stereocenters. The normalized spacial score (nSPS) is 30.1. The third-order valence-corrected chi connectivity index (χ3v) is 8.47. The highest BCUT2D eigenvalue weighted by atomic mass is 32.2. The van der Waals surface area contributed by atoms with Gasteiger partial charge < -0.3 is 10.2 Å². The van der Waals surface area contributed by atoms with Gasteiger partial charge in [0.1, 0.15) is 0 Å². The monoisotopic (exact) mass is 342 g/mol. The van der Waals surface area contributed by atoms with Crippen molar-refractivity contribution in [1.82, 2.24) is 10.2 Å². The van der Waals surface area contributed by atoms with Gasteiger partial charge in [-0.3, -0.25) is 0 Å². The van der Waals surface area contributed by atoms with E-state index >= 15 is 0 Å². The molecule has 1 aliphatic carbocycles. The number of nitrogens with one attached hydrogen (secondary N) is 1. The average Bonchev–Trinajstić information content (AvgIpc) is 2.74. The van der Waals surface area contributed by atoms with Gasteiger partial charge in [-0.05, 0) is 50.4 Å². The van der Waals surface area contributed by atoms with Gasteiger partial charge >= 0.3 is 6.03 Å². The van der Waals surface area contributed by atoms with E-state index in [1.165, 1.54) is 38.5 Å². The molecule has 2 saturated heterocycles. The number of rotatable bonds is 2. The van der Waals surface area contributed by atoms with Crippen LogP contribution in [0.5, 0.6) is 0 Å². The lowest BCUT2D eigenvalue weighted by molar-refractivity contribution is 0.157. The Kier molecular flexibility index (Phi) is 5.19. The van der Waals surface area contributed by atoms with E-state index in [0.717, 1.165) is 32.4 Å². The minimum Gasteiger partial charge on any atom is -0.337 e. The Balaban J connectivity index is 1.50. The molecule has 1 spiro atoms. The first kappa shape index (κ1) is 17.1. The second-order valence-electron chi connectivity index (χ2n) is 7.72. The molecule has 3 rings (SSSR count). The number of sulfone groups is 1. The lowest BCUT2D eigenvalue weighted by Crippen LogP contribution is -2.44. The molecule has 2 heterocycles. The molecule has 5 nitrogen and oxygen atoms in total. The van der Waals surface area contributed by atoms with Crippen LogP contribution < -0.4 is 5.32 Å². The summed E-state index contributed by atoms with van der Waals surface area (Å²) in [6.07, 6.45) is 11.5. The largest absolute Gasteiger partial charge is 0.337 e. The molecule has 6 heteroatoms. The Morgan fingerprint density at radius 1 is 1.00 bits per heavy atom. The van der Waals surface area contributed by atoms with Crippen molar-refractivity contribution in [2.45, 2.75) is 69.5 Å². The number of urea groups is 1. The maximum atomic E-state index is 12.4. The molecule has 0 aromatic rings. The second kappa shape index (κ2) is 6.99. The van der Waals surface area contributed by atoms with Crippen molar-refractivity contribution in [2.75, 3.05) is 25.4 Å². The number of hydrogen-bond donors (Lipinski definition) is 1. The first-order chi connectivity index (χ1) is 11.0. The van der Waals surface area contributed by atoms with E-state index < -0.39 is 9.84 Å². The van der Waals surface area contributed by atoms with Crippen molar-refractivity contribution in [3.63, 3.8) is 0 Å². The van der Waals surface area contributed by atoms with Gasteiger partial charge in [0, 0.05) is 19.6 Å². The standard InChI is InChI=1S/C17H30N2O3S/c20-16(18-14-15-6-4-13-23(15,21)22)19-11-5-9-17(10-12-19)7-2-1-3-8-17/h15H,1-14H2,(H,18,20). The van der Waals surface area contributed by atoms with Crippen molar-refractivity contribution in [3.05, 3.63) is 0 Å². The lowest BCUT2D eigenvalue weighted by Gasteiger charge is -2.36. The zero-order chi connectivity index (χ0) is 16.3. The summed E-state index contributed by atoms with van der Waals surface area (Å²) in [6, 6.07) is -0.0695. The molecule has 0 radical (unpaired) electrons. The topological polar surface area (TPSA) is 66.5 Å². The SMILES string of the molecule is O=C(NCC1CCCS1(=O)=O)N1CCCC2(CCCCC2)CC1. The summed E-state index contributed by atoms with van der Waals surface area (Å²) >= 11 is 0. The van der Waals surface area contributed by atoms with Crippen LogP contribution in [0.3, 0.4) is 0 Å². The molecular formula is C17H30N2O3S. The summed E-state index contributed by atoms with van der Waals surface area (Å²) in [5.74, 6) is 0.278. The first-order valence-electron chi connectivity index (χ1n) is 9.25. The molecule has 23 heavy (non-hydrogen) atoms. The quantitative estimate of drug-likeness (QED) is 0.839. The maximum Gasteiger partial charge on any atom is 0.317 e. The summed E-state index contributed by atoms with van der Waals surface area (Å²) < 4.78 is 23.7. The van der Waals surface area contributed by atoms with E-state index in [4.69, 9.17) is 0 Å². The highest BCUT2D eigenvalue weighted by Gasteiger charge is 2.35. The molecular weight excluding hydrogens is 312 g/mol. The number of likely N-dealkylation sites (tertiary alicyclic amines) is 1. The fraction of sp³-hybridized carbons (Fsp3) is 0.941. The summed E-state index contributed by atoms with van der Waals surface area (Å²) in [4.78, 5) is 14.3. The minimum absolute atomic E-state index is 0.0695. The highest BCUT2D eigenvalue weighted by Crippen LogP contribution is 2.44. The molecule has 132 valence electrons. The van der Waals surface area contributed by atoms with E-state index in [1.54, 1.807) is 0 Å². The van der Waals surface area contributed by atoms with Crippen LogP contribution in [0.25, 0.3) is 0 Å².